The maximum atomic E-state index is 12.6. The van der Waals surface area contributed by atoms with Gasteiger partial charge < -0.3 is 0 Å². The summed E-state index contributed by atoms with van der Waals surface area (Å²) in [7, 11) is 0. The van der Waals surface area contributed by atoms with Gasteiger partial charge in [0.15, 0.2) is 0 Å². The largest absolute Gasteiger partial charge is 0.296 e. The fraction of sp³-hybridized carbons (Fsp3) is 0. The minimum Gasteiger partial charge on any atom is -0.296 e. The zero-order chi connectivity index (χ0) is 7.84. The van der Waals surface area contributed by atoms with Gasteiger partial charge in [0.25, 0.3) is 0 Å². The van der Waals surface area contributed by atoms with Gasteiger partial charge >= 0.3 is 0 Å². The van der Waals surface area contributed by atoms with Crippen LogP contribution in [-0.2, 0) is 0 Å². The van der Waals surface area contributed by atoms with Crippen molar-refractivity contribution in [2.75, 3.05) is 0 Å². The summed E-state index contributed by atoms with van der Waals surface area (Å²) in [6, 6.07) is 4.78. The average Bonchev–Trinajstić information content (AvgIpc) is 2.27. The van der Waals surface area contributed by atoms with Crippen molar-refractivity contribution >= 4 is 33.6 Å². The molecular formula is C8H5FIN. The standard InChI is InChI=1S/C8H5FIN/c9-8-2-1-6-4-11(10)5-7(6)3-8/h1-5H. The zero-order valence-electron chi connectivity index (χ0n) is 5.59. The third-order valence-corrected chi connectivity index (χ3v) is 2.13. The Kier molecular flexibility index (Phi) is 1.60. The Balaban J connectivity index is 2.82. The van der Waals surface area contributed by atoms with Crippen molar-refractivity contribution in [2.45, 2.75) is 0 Å². The summed E-state index contributed by atoms with van der Waals surface area (Å²) in [5.74, 6) is -0.180. The average molecular weight is 261 g/mol. The minimum atomic E-state index is -0.180. The monoisotopic (exact) mass is 261 g/mol. The SMILES string of the molecule is Fc1ccc2cn(I)cc2c1. The molecule has 1 aromatic carbocycles. The molecule has 0 saturated carbocycles. The van der Waals surface area contributed by atoms with Crippen molar-refractivity contribution in [3.63, 3.8) is 0 Å². The van der Waals surface area contributed by atoms with E-state index in [4.69, 9.17) is 0 Å². The number of nitrogens with zero attached hydrogens (tertiary/aromatic N) is 1. The van der Waals surface area contributed by atoms with Gasteiger partial charge in [-0.2, -0.15) is 0 Å². The van der Waals surface area contributed by atoms with E-state index in [1.54, 1.807) is 6.07 Å². The van der Waals surface area contributed by atoms with Crippen LogP contribution in [0.25, 0.3) is 10.8 Å². The second-order valence-electron chi connectivity index (χ2n) is 2.38. The van der Waals surface area contributed by atoms with Gasteiger partial charge in [-0.15, -0.1) is 0 Å². The molecule has 1 nitrogen and oxygen atoms in total. The highest BCUT2D eigenvalue weighted by molar-refractivity contribution is 14.1. The lowest BCUT2D eigenvalue weighted by Gasteiger charge is -1.86. The van der Waals surface area contributed by atoms with E-state index < -0.39 is 0 Å². The molecule has 0 aliphatic heterocycles. The van der Waals surface area contributed by atoms with Crippen LogP contribution in [0.5, 0.6) is 0 Å². The highest BCUT2D eigenvalue weighted by Crippen LogP contribution is 2.17. The molecule has 0 spiro atoms. The maximum Gasteiger partial charge on any atom is 0.123 e. The zero-order valence-corrected chi connectivity index (χ0v) is 7.75. The molecule has 0 fully saturated rings. The molecule has 11 heavy (non-hydrogen) atoms. The first-order valence-electron chi connectivity index (χ1n) is 3.19. The van der Waals surface area contributed by atoms with Crippen LogP contribution in [0.1, 0.15) is 0 Å². The molecule has 1 aromatic heterocycles. The van der Waals surface area contributed by atoms with Crippen molar-refractivity contribution < 1.29 is 4.39 Å². The molecule has 0 N–H and O–H groups in total. The molecule has 0 amide bonds. The fourth-order valence-electron chi connectivity index (χ4n) is 1.08. The highest BCUT2D eigenvalue weighted by Gasteiger charge is 1.97. The van der Waals surface area contributed by atoms with Gasteiger partial charge in [-0.05, 0) is 18.2 Å². The summed E-state index contributed by atoms with van der Waals surface area (Å²) >= 11 is 2.14. The van der Waals surface area contributed by atoms with Gasteiger partial charge in [-0.1, -0.05) is 0 Å². The molecule has 0 unspecified atom stereocenters. The normalized spacial score (nSPS) is 10.7. The molecule has 3 heteroatoms. The Bertz CT molecular complexity index is 394. The first-order chi connectivity index (χ1) is 5.25. The minimum absolute atomic E-state index is 0.180. The van der Waals surface area contributed by atoms with Crippen LogP contribution in [-0.4, -0.2) is 2.78 Å². The third kappa shape index (κ3) is 1.24. The van der Waals surface area contributed by atoms with Crippen molar-refractivity contribution in [3.8, 4) is 0 Å². The first kappa shape index (κ1) is 7.09. The highest BCUT2D eigenvalue weighted by atomic mass is 127. The van der Waals surface area contributed by atoms with E-state index in [0.717, 1.165) is 10.8 Å². The van der Waals surface area contributed by atoms with E-state index in [0.29, 0.717) is 0 Å². The molecule has 56 valence electrons. The lowest BCUT2D eigenvalue weighted by molar-refractivity contribution is 0.630. The van der Waals surface area contributed by atoms with Gasteiger partial charge in [-0.25, -0.2) is 4.39 Å². The molecular weight excluding hydrogens is 256 g/mol. The topological polar surface area (TPSA) is 4.93 Å². The Morgan fingerprint density at radius 1 is 1.18 bits per heavy atom. The number of rotatable bonds is 0. The van der Waals surface area contributed by atoms with Gasteiger partial charge in [-0.3, -0.25) is 2.78 Å². The van der Waals surface area contributed by atoms with E-state index in [2.05, 4.69) is 22.9 Å². The number of aromatic nitrogens is 1. The predicted octanol–water partition coefficient (Wildman–Crippen LogP) is 2.98. The predicted molar refractivity (Wildman–Crippen MR) is 51.3 cm³/mol. The summed E-state index contributed by atoms with van der Waals surface area (Å²) < 4.78 is 14.5. The quantitative estimate of drug-likeness (QED) is 0.642. The van der Waals surface area contributed by atoms with Crippen LogP contribution < -0.4 is 0 Å². The molecule has 0 aliphatic carbocycles. The maximum absolute atomic E-state index is 12.6. The van der Waals surface area contributed by atoms with Crippen molar-refractivity contribution in [2.24, 2.45) is 0 Å². The Hall–Kier alpha value is -0.580. The Labute approximate surface area is 77.3 Å². The smallest absolute Gasteiger partial charge is 0.123 e. The number of benzene rings is 1. The molecule has 0 radical (unpaired) electrons. The lowest BCUT2D eigenvalue weighted by atomic mass is 10.2. The third-order valence-electron chi connectivity index (χ3n) is 1.57. The summed E-state index contributed by atoms with van der Waals surface area (Å²) in [6.07, 6.45) is 3.84. The van der Waals surface area contributed by atoms with Crippen LogP contribution in [0, 0.1) is 5.82 Å². The summed E-state index contributed by atoms with van der Waals surface area (Å²) in [5.41, 5.74) is 0. The second kappa shape index (κ2) is 2.48. The van der Waals surface area contributed by atoms with Gasteiger partial charge in [0.1, 0.15) is 5.82 Å². The van der Waals surface area contributed by atoms with Gasteiger partial charge in [0, 0.05) is 23.2 Å². The fourth-order valence-corrected chi connectivity index (χ4v) is 1.68. The van der Waals surface area contributed by atoms with E-state index in [-0.39, 0.29) is 5.82 Å². The molecule has 0 saturated heterocycles. The van der Waals surface area contributed by atoms with Crippen LogP contribution >= 0.6 is 22.9 Å². The molecule has 0 aliphatic rings. The van der Waals surface area contributed by atoms with E-state index >= 15 is 0 Å². The van der Waals surface area contributed by atoms with Gasteiger partial charge in [0.05, 0.1) is 22.9 Å². The van der Waals surface area contributed by atoms with E-state index in [1.165, 1.54) is 12.1 Å². The van der Waals surface area contributed by atoms with Gasteiger partial charge in [0.2, 0.25) is 0 Å². The second-order valence-corrected chi connectivity index (χ2v) is 3.49. The van der Waals surface area contributed by atoms with Crippen molar-refractivity contribution in [1.82, 2.24) is 2.78 Å². The Morgan fingerprint density at radius 3 is 2.73 bits per heavy atom. The summed E-state index contributed by atoms with van der Waals surface area (Å²) in [4.78, 5) is 0. The molecule has 0 atom stereocenters. The lowest BCUT2D eigenvalue weighted by Crippen LogP contribution is -1.68. The number of halogens is 2. The Morgan fingerprint density at radius 2 is 1.91 bits per heavy atom. The number of fused-ring (bicyclic) bond motifs is 1. The molecule has 2 rings (SSSR count). The summed E-state index contributed by atoms with van der Waals surface area (Å²) in [6.45, 7) is 0. The van der Waals surface area contributed by atoms with E-state index in [9.17, 15) is 4.39 Å². The van der Waals surface area contributed by atoms with Crippen LogP contribution in [0.2, 0.25) is 0 Å². The summed E-state index contributed by atoms with van der Waals surface area (Å²) in [5, 5.41) is 2.01. The molecule has 0 bridgehead atoms. The number of hydrogen-bond donors (Lipinski definition) is 0. The number of hydrogen-bond acceptors (Lipinski definition) is 0. The van der Waals surface area contributed by atoms with Crippen molar-refractivity contribution in [1.29, 1.82) is 0 Å². The van der Waals surface area contributed by atoms with Crippen LogP contribution in [0.3, 0.4) is 0 Å². The molecule has 2 aromatic rings. The van der Waals surface area contributed by atoms with Crippen LogP contribution in [0.4, 0.5) is 4.39 Å². The molecule has 1 heterocycles. The first-order valence-corrected chi connectivity index (χ1v) is 4.15. The van der Waals surface area contributed by atoms with Crippen molar-refractivity contribution in [3.05, 3.63) is 36.4 Å². The van der Waals surface area contributed by atoms with Crippen LogP contribution in [0.15, 0.2) is 30.6 Å². The van der Waals surface area contributed by atoms with E-state index in [1.807, 2.05) is 15.2 Å².